The monoisotopic (exact) mass is 400 g/mol. The summed E-state index contributed by atoms with van der Waals surface area (Å²) in [7, 11) is 0. The number of benzene rings is 2. The normalized spacial score (nSPS) is 14.3. The van der Waals surface area contributed by atoms with Crippen molar-refractivity contribution in [3.05, 3.63) is 66.5 Å². The zero-order valence-corrected chi connectivity index (χ0v) is 17.4. The van der Waals surface area contributed by atoms with Gasteiger partial charge in [-0.15, -0.1) is 0 Å². The number of amides is 1. The van der Waals surface area contributed by atoms with Crippen LogP contribution in [0, 0.1) is 12.8 Å². The van der Waals surface area contributed by atoms with Gasteiger partial charge in [-0.1, -0.05) is 55.7 Å². The average molecular weight is 401 g/mol. The Hall–Kier alpha value is -3.21. The van der Waals surface area contributed by atoms with E-state index >= 15 is 0 Å². The summed E-state index contributed by atoms with van der Waals surface area (Å²) >= 11 is 0. The van der Waals surface area contributed by atoms with Crippen LogP contribution < -0.4 is 10.6 Å². The van der Waals surface area contributed by atoms with Crippen LogP contribution in [-0.2, 0) is 4.79 Å². The van der Waals surface area contributed by atoms with Gasteiger partial charge >= 0.3 is 0 Å². The molecular weight excluding hydrogens is 372 g/mol. The van der Waals surface area contributed by atoms with Crippen LogP contribution in [-0.4, -0.2) is 15.9 Å². The molecule has 0 atom stereocenters. The number of carbonyl (C=O) groups excluding carboxylic acids is 1. The number of rotatable bonds is 6. The average Bonchev–Trinajstić information content (AvgIpc) is 2.75. The Morgan fingerprint density at radius 2 is 1.70 bits per heavy atom. The third-order valence-corrected chi connectivity index (χ3v) is 5.53. The lowest BCUT2D eigenvalue weighted by atomic mass is 9.87. The van der Waals surface area contributed by atoms with Crippen LogP contribution >= 0.6 is 0 Å². The van der Waals surface area contributed by atoms with Crippen molar-refractivity contribution in [1.82, 2.24) is 9.97 Å². The molecule has 1 fully saturated rings. The molecule has 1 heterocycles. The minimum absolute atomic E-state index is 0.100. The van der Waals surface area contributed by atoms with Crippen LogP contribution in [0.3, 0.4) is 0 Å². The van der Waals surface area contributed by atoms with Crippen molar-refractivity contribution in [2.24, 2.45) is 5.92 Å². The van der Waals surface area contributed by atoms with Crippen molar-refractivity contribution < 1.29 is 4.79 Å². The third-order valence-electron chi connectivity index (χ3n) is 5.53. The molecule has 1 aliphatic carbocycles. The Balaban J connectivity index is 1.44. The molecular formula is C25H28N4O. The van der Waals surface area contributed by atoms with E-state index in [1.807, 2.05) is 67.6 Å². The smallest absolute Gasteiger partial charge is 0.224 e. The molecule has 0 radical (unpaired) electrons. The summed E-state index contributed by atoms with van der Waals surface area (Å²) in [6.07, 6.45) is 6.77. The largest absolute Gasteiger partial charge is 0.340 e. The van der Waals surface area contributed by atoms with Gasteiger partial charge in [0, 0.05) is 29.4 Å². The predicted molar refractivity (Wildman–Crippen MR) is 122 cm³/mol. The fourth-order valence-corrected chi connectivity index (χ4v) is 4.08. The van der Waals surface area contributed by atoms with Crippen molar-refractivity contribution in [1.29, 1.82) is 0 Å². The summed E-state index contributed by atoms with van der Waals surface area (Å²) in [5, 5.41) is 6.40. The van der Waals surface area contributed by atoms with Gasteiger partial charge in [0.15, 0.2) is 0 Å². The molecule has 0 saturated heterocycles. The second-order valence-electron chi connectivity index (χ2n) is 8.01. The first kappa shape index (κ1) is 20.1. The minimum atomic E-state index is 0.100. The van der Waals surface area contributed by atoms with Crippen LogP contribution in [0.25, 0.3) is 11.3 Å². The maximum atomic E-state index is 12.4. The molecule has 5 heteroatoms. The van der Waals surface area contributed by atoms with Crippen molar-refractivity contribution in [2.45, 2.75) is 45.4 Å². The van der Waals surface area contributed by atoms with E-state index in [1.165, 1.54) is 32.1 Å². The van der Waals surface area contributed by atoms with Crippen molar-refractivity contribution in [3.63, 3.8) is 0 Å². The maximum absolute atomic E-state index is 12.4. The Morgan fingerprint density at radius 1 is 0.933 bits per heavy atom. The molecule has 0 aliphatic heterocycles. The predicted octanol–water partition coefficient (Wildman–Crippen LogP) is 6.10. The highest BCUT2D eigenvalue weighted by atomic mass is 16.1. The zero-order chi connectivity index (χ0) is 20.8. The minimum Gasteiger partial charge on any atom is -0.340 e. The number of hydrogen-bond acceptors (Lipinski definition) is 4. The Kier molecular flexibility index (Phi) is 6.38. The summed E-state index contributed by atoms with van der Waals surface area (Å²) in [6, 6.07) is 19.8. The standard InChI is InChI=1S/C25H28N4O/c1-18-26-23(20-11-6-3-7-12-20)17-24(27-18)28-21-13-8-14-22(16-21)29-25(30)15-19-9-4-2-5-10-19/h3,6-8,11-14,16-17,19H,2,4-5,9-10,15H2,1H3,(H,29,30)(H,26,27,28). The fourth-order valence-electron chi connectivity index (χ4n) is 4.08. The Labute approximate surface area is 178 Å². The molecule has 30 heavy (non-hydrogen) atoms. The molecule has 0 spiro atoms. The number of aryl methyl sites for hydroxylation is 1. The molecule has 1 saturated carbocycles. The number of carbonyl (C=O) groups is 1. The van der Waals surface area contributed by atoms with Gasteiger partial charge in [-0.05, 0) is 43.9 Å². The van der Waals surface area contributed by atoms with Crippen LogP contribution in [0.4, 0.5) is 17.2 Å². The first-order valence-electron chi connectivity index (χ1n) is 10.7. The molecule has 1 amide bonds. The molecule has 2 aromatic carbocycles. The molecule has 0 bridgehead atoms. The van der Waals surface area contributed by atoms with Crippen LogP contribution in [0.1, 0.15) is 44.3 Å². The van der Waals surface area contributed by atoms with Crippen LogP contribution in [0.15, 0.2) is 60.7 Å². The lowest BCUT2D eigenvalue weighted by Gasteiger charge is -2.20. The summed E-state index contributed by atoms with van der Waals surface area (Å²) in [5.41, 5.74) is 3.61. The van der Waals surface area contributed by atoms with E-state index in [1.54, 1.807) is 0 Å². The van der Waals surface area contributed by atoms with Crippen molar-refractivity contribution in [3.8, 4) is 11.3 Å². The molecule has 1 aromatic heterocycles. The number of nitrogens with zero attached hydrogens (tertiary/aromatic N) is 2. The van der Waals surface area contributed by atoms with Crippen molar-refractivity contribution in [2.75, 3.05) is 10.6 Å². The number of nitrogens with one attached hydrogen (secondary N) is 2. The van der Waals surface area contributed by atoms with Crippen LogP contribution in [0.5, 0.6) is 0 Å². The van der Waals surface area contributed by atoms with Gasteiger partial charge < -0.3 is 10.6 Å². The number of anilines is 3. The quantitative estimate of drug-likeness (QED) is 0.524. The van der Waals surface area contributed by atoms with Gasteiger partial charge in [-0.3, -0.25) is 4.79 Å². The third kappa shape index (κ3) is 5.44. The van der Waals surface area contributed by atoms with Gasteiger partial charge in [-0.2, -0.15) is 0 Å². The molecule has 3 aromatic rings. The van der Waals surface area contributed by atoms with Gasteiger partial charge in [-0.25, -0.2) is 9.97 Å². The first-order valence-corrected chi connectivity index (χ1v) is 10.7. The maximum Gasteiger partial charge on any atom is 0.224 e. The van der Waals surface area contributed by atoms with Crippen LogP contribution in [0.2, 0.25) is 0 Å². The highest BCUT2D eigenvalue weighted by Gasteiger charge is 2.17. The van der Waals surface area contributed by atoms with E-state index in [2.05, 4.69) is 20.6 Å². The van der Waals surface area contributed by atoms with Crippen molar-refractivity contribution >= 4 is 23.1 Å². The molecule has 4 rings (SSSR count). The van der Waals surface area contributed by atoms with E-state index in [-0.39, 0.29) is 5.91 Å². The Morgan fingerprint density at radius 3 is 2.50 bits per heavy atom. The van der Waals surface area contributed by atoms with E-state index in [0.717, 1.165) is 28.5 Å². The fraction of sp³-hybridized carbons (Fsp3) is 0.320. The molecule has 154 valence electrons. The second kappa shape index (κ2) is 9.53. The highest BCUT2D eigenvalue weighted by Crippen LogP contribution is 2.27. The molecule has 2 N–H and O–H groups in total. The Bertz CT molecular complexity index is 997. The summed E-state index contributed by atoms with van der Waals surface area (Å²) < 4.78 is 0. The number of aromatic nitrogens is 2. The zero-order valence-electron chi connectivity index (χ0n) is 17.4. The highest BCUT2D eigenvalue weighted by molar-refractivity contribution is 5.91. The molecule has 1 aliphatic rings. The lowest BCUT2D eigenvalue weighted by molar-refractivity contribution is -0.117. The van der Waals surface area contributed by atoms with Gasteiger partial charge in [0.25, 0.3) is 0 Å². The molecule has 0 unspecified atom stereocenters. The van der Waals surface area contributed by atoms with E-state index in [4.69, 9.17) is 0 Å². The van der Waals surface area contributed by atoms with E-state index in [9.17, 15) is 4.79 Å². The summed E-state index contributed by atoms with van der Waals surface area (Å²) in [4.78, 5) is 21.5. The SMILES string of the molecule is Cc1nc(Nc2cccc(NC(=O)CC3CCCCC3)c2)cc(-c2ccccc2)n1. The lowest BCUT2D eigenvalue weighted by Crippen LogP contribution is -2.18. The first-order chi connectivity index (χ1) is 14.7. The van der Waals surface area contributed by atoms with E-state index in [0.29, 0.717) is 18.2 Å². The summed E-state index contributed by atoms with van der Waals surface area (Å²) in [5.74, 6) is 2.06. The van der Waals surface area contributed by atoms with Gasteiger partial charge in [0.2, 0.25) is 5.91 Å². The topological polar surface area (TPSA) is 66.9 Å². The van der Waals surface area contributed by atoms with E-state index < -0.39 is 0 Å². The summed E-state index contributed by atoms with van der Waals surface area (Å²) in [6.45, 7) is 1.89. The number of hydrogen-bond donors (Lipinski definition) is 2. The molecule has 5 nitrogen and oxygen atoms in total. The van der Waals surface area contributed by atoms with Gasteiger partial charge in [0.05, 0.1) is 5.69 Å². The second-order valence-corrected chi connectivity index (χ2v) is 8.01. The van der Waals surface area contributed by atoms with Gasteiger partial charge in [0.1, 0.15) is 11.6 Å².